The van der Waals surface area contributed by atoms with Crippen molar-refractivity contribution in [2.45, 2.75) is 4.90 Å². The molecule has 0 saturated carbocycles. The van der Waals surface area contributed by atoms with Gasteiger partial charge in [-0.25, -0.2) is 8.42 Å². The molecule has 2 aliphatic heterocycles. The number of thiocarbonyl (C=S) groups is 1. The topological polar surface area (TPSA) is 101 Å². The smallest absolute Gasteiger partial charge is 0.243 e. The molecule has 0 spiro atoms. The number of benzene rings is 2. The first kappa shape index (κ1) is 21.5. The van der Waals surface area contributed by atoms with Gasteiger partial charge in [0.25, 0.3) is 0 Å². The molecule has 0 amide bonds. The van der Waals surface area contributed by atoms with E-state index in [2.05, 4.69) is 15.8 Å². The molecule has 31 heavy (non-hydrogen) atoms. The summed E-state index contributed by atoms with van der Waals surface area (Å²) in [6.45, 7) is 2.60. The third kappa shape index (κ3) is 5.31. The van der Waals surface area contributed by atoms with Crippen LogP contribution in [0.15, 0.2) is 52.5 Å². The molecular formula is C20H22N4O5S2. The zero-order chi connectivity index (χ0) is 21.7. The minimum absolute atomic E-state index is 0.232. The number of hydrogen-bond donors (Lipinski definition) is 2. The normalized spacial score (nSPS) is 16.8. The molecule has 9 nitrogen and oxygen atoms in total. The molecule has 0 bridgehead atoms. The second-order valence-corrected chi connectivity index (χ2v) is 9.11. The van der Waals surface area contributed by atoms with Crippen molar-refractivity contribution in [3.8, 4) is 11.5 Å². The van der Waals surface area contributed by atoms with E-state index in [1.165, 1.54) is 4.31 Å². The lowest BCUT2D eigenvalue weighted by Crippen LogP contribution is -2.40. The van der Waals surface area contributed by atoms with Crippen molar-refractivity contribution in [2.75, 3.05) is 44.8 Å². The highest BCUT2D eigenvalue weighted by molar-refractivity contribution is 7.89. The van der Waals surface area contributed by atoms with Gasteiger partial charge < -0.3 is 19.5 Å². The summed E-state index contributed by atoms with van der Waals surface area (Å²) in [5.74, 6) is 1.40. The predicted octanol–water partition coefficient (Wildman–Crippen LogP) is 1.80. The maximum Gasteiger partial charge on any atom is 0.243 e. The Kier molecular flexibility index (Phi) is 6.66. The summed E-state index contributed by atoms with van der Waals surface area (Å²) in [5, 5.41) is 7.36. The van der Waals surface area contributed by atoms with Gasteiger partial charge in [0.1, 0.15) is 13.2 Å². The number of nitrogens with one attached hydrogen (secondary N) is 2. The number of sulfonamides is 1. The Balaban J connectivity index is 1.32. The molecule has 1 fully saturated rings. The maximum atomic E-state index is 12.7. The number of nitrogens with zero attached hydrogens (tertiary/aromatic N) is 2. The summed E-state index contributed by atoms with van der Waals surface area (Å²) in [4.78, 5) is 0.232. The van der Waals surface area contributed by atoms with Crippen LogP contribution >= 0.6 is 12.2 Å². The summed E-state index contributed by atoms with van der Waals surface area (Å²) in [6, 6.07) is 11.9. The minimum atomic E-state index is -3.52. The molecule has 0 aromatic heterocycles. The molecule has 1 saturated heterocycles. The Morgan fingerprint density at radius 1 is 1.00 bits per heavy atom. The highest BCUT2D eigenvalue weighted by atomic mass is 32.2. The number of hydrogen-bond acceptors (Lipinski definition) is 7. The number of fused-ring (bicyclic) bond motifs is 1. The van der Waals surface area contributed by atoms with Crippen LogP contribution in [-0.2, 0) is 14.8 Å². The first-order valence-corrected chi connectivity index (χ1v) is 11.5. The Hall–Kier alpha value is -2.73. The third-order valence-corrected chi connectivity index (χ3v) is 6.77. The first-order valence-electron chi connectivity index (χ1n) is 9.70. The van der Waals surface area contributed by atoms with E-state index in [0.717, 1.165) is 5.56 Å². The average molecular weight is 463 g/mol. The summed E-state index contributed by atoms with van der Waals surface area (Å²) in [5.41, 5.74) is 4.21. The van der Waals surface area contributed by atoms with Gasteiger partial charge >= 0.3 is 0 Å². The molecule has 11 heteroatoms. The van der Waals surface area contributed by atoms with Crippen LogP contribution in [0, 0.1) is 0 Å². The van der Waals surface area contributed by atoms with E-state index in [-0.39, 0.29) is 10.0 Å². The van der Waals surface area contributed by atoms with Crippen LogP contribution in [-0.4, -0.2) is 63.6 Å². The van der Waals surface area contributed by atoms with Gasteiger partial charge in [-0.3, -0.25) is 5.43 Å². The zero-order valence-corrected chi connectivity index (χ0v) is 18.2. The molecule has 164 valence electrons. The highest BCUT2D eigenvalue weighted by Crippen LogP contribution is 2.30. The van der Waals surface area contributed by atoms with Gasteiger partial charge in [-0.15, -0.1) is 0 Å². The molecule has 4 rings (SSSR count). The molecule has 2 N–H and O–H groups in total. The van der Waals surface area contributed by atoms with E-state index >= 15 is 0 Å². The standard InChI is InChI=1S/C20H22N4O5S2/c25-31(26,24-7-9-27-10-8-24)17-4-2-16(3-5-17)22-20(30)23-21-14-15-1-6-18-19(13-15)29-12-11-28-18/h1-6,13-14H,7-12H2,(H2,22,23,30). The lowest BCUT2D eigenvalue weighted by Gasteiger charge is -2.26. The number of anilines is 1. The van der Waals surface area contributed by atoms with Crippen molar-refractivity contribution in [1.29, 1.82) is 0 Å². The van der Waals surface area contributed by atoms with Crippen LogP contribution < -0.4 is 20.2 Å². The summed E-state index contributed by atoms with van der Waals surface area (Å²) >= 11 is 5.24. The zero-order valence-electron chi connectivity index (χ0n) is 16.6. The summed E-state index contributed by atoms with van der Waals surface area (Å²) in [6.07, 6.45) is 1.62. The number of rotatable bonds is 5. The fourth-order valence-electron chi connectivity index (χ4n) is 3.11. The summed E-state index contributed by atoms with van der Waals surface area (Å²) < 4.78 is 43.0. The van der Waals surface area contributed by atoms with E-state index in [1.54, 1.807) is 30.5 Å². The van der Waals surface area contributed by atoms with Crippen LogP contribution in [0.5, 0.6) is 11.5 Å². The van der Waals surface area contributed by atoms with E-state index in [1.807, 2.05) is 18.2 Å². The molecule has 0 atom stereocenters. The van der Waals surface area contributed by atoms with Crippen LogP contribution in [0.3, 0.4) is 0 Å². The van der Waals surface area contributed by atoms with Gasteiger partial charge in [0.15, 0.2) is 16.6 Å². The van der Waals surface area contributed by atoms with Crippen LogP contribution in [0.1, 0.15) is 5.56 Å². The Bertz CT molecular complexity index is 1070. The van der Waals surface area contributed by atoms with E-state index in [4.69, 9.17) is 26.4 Å². The Morgan fingerprint density at radius 2 is 1.71 bits per heavy atom. The van der Waals surface area contributed by atoms with Crippen LogP contribution in [0.4, 0.5) is 5.69 Å². The summed E-state index contributed by atoms with van der Waals surface area (Å²) in [7, 11) is -3.52. The van der Waals surface area contributed by atoms with Crippen molar-refractivity contribution in [3.05, 3.63) is 48.0 Å². The first-order chi connectivity index (χ1) is 15.0. The van der Waals surface area contributed by atoms with Crippen molar-refractivity contribution in [1.82, 2.24) is 9.73 Å². The molecule has 0 radical (unpaired) electrons. The second-order valence-electron chi connectivity index (χ2n) is 6.77. The molecule has 0 aliphatic carbocycles. The van der Waals surface area contributed by atoms with E-state index < -0.39 is 10.0 Å². The van der Waals surface area contributed by atoms with Crippen molar-refractivity contribution >= 4 is 39.3 Å². The lowest BCUT2D eigenvalue weighted by atomic mass is 10.2. The largest absolute Gasteiger partial charge is 0.486 e. The number of morpholine rings is 1. The molecule has 2 heterocycles. The van der Waals surface area contributed by atoms with E-state index in [9.17, 15) is 8.42 Å². The lowest BCUT2D eigenvalue weighted by molar-refractivity contribution is 0.0730. The van der Waals surface area contributed by atoms with Gasteiger partial charge in [-0.05, 0) is 60.2 Å². The third-order valence-electron chi connectivity index (χ3n) is 4.67. The van der Waals surface area contributed by atoms with Crippen LogP contribution in [0.25, 0.3) is 0 Å². The monoisotopic (exact) mass is 462 g/mol. The molecule has 0 unspecified atom stereocenters. The fraction of sp³-hybridized carbons (Fsp3) is 0.300. The minimum Gasteiger partial charge on any atom is -0.486 e. The van der Waals surface area contributed by atoms with Gasteiger partial charge in [0, 0.05) is 18.8 Å². The highest BCUT2D eigenvalue weighted by Gasteiger charge is 2.26. The molecular weight excluding hydrogens is 440 g/mol. The van der Waals surface area contributed by atoms with Crippen molar-refractivity contribution in [2.24, 2.45) is 5.10 Å². The molecule has 2 aromatic rings. The number of ether oxygens (including phenoxy) is 3. The van der Waals surface area contributed by atoms with Gasteiger partial charge in [-0.2, -0.15) is 9.41 Å². The van der Waals surface area contributed by atoms with Crippen molar-refractivity contribution < 1.29 is 22.6 Å². The quantitative estimate of drug-likeness (QED) is 0.394. The molecule has 2 aliphatic rings. The maximum absolute atomic E-state index is 12.7. The average Bonchev–Trinajstić information content (AvgIpc) is 2.80. The Labute approximate surface area is 186 Å². The second kappa shape index (κ2) is 9.60. The van der Waals surface area contributed by atoms with Gasteiger partial charge in [-0.1, -0.05) is 0 Å². The van der Waals surface area contributed by atoms with Crippen LogP contribution in [0.2, 0.25) is 0 Å². The van der Waals surface area contributed by atoms with Gasteiger partial charge in [0.2, 0.25) is 10.0 Å². The molecule has 2 aromatic carbocycles. The SMILES string of the molecule is O=S(=O)(c1ccc(NC(=S)NN=Cc2ccc3c(c2)OCCO3)cc1)N1CCOCC1. The fourth-order valence-corrected chi connectivity index (χ4v) is 4.69. The van der Waals surface area contributed by atoms with Crippen molar-refractivity contribution in [3.63, 3.8) is 0 Å². The van der Waals surface area contributed by atoms with E-state index in [0.29, 0.717) is 56.7 Å². The predicted molar refractivity (Wildman–Crippen MR) is 120 cm³/mol. The Morgan fingerprint density at radius 3 is 2.45 bits per heavy atom. The van der Waals surface area contributed by atoms with Gasteiger partial charge in [0.05, 0.1) is 24.3 Å². The number of hydrazone groups is 1.